The molecule has 1 aromatic rings. The maximum absolute atomic E-state index is 12.6. The van der Waals surface area contributed by atoms with Crippen LogP contribution in [0, 0.1) is 17.8 Å². The lowest BCUT2D eigenvalue weighted by Crippen LogP contribution is -2.54. The number of hydrogen-bond acceptors (Lipinski definition) is 4. The average molecular weight is 355 g/mol. The molecule has 140 valence electrons. The van der Waals surface area contributed by atoms with E-state index in [1.54, 1.807) is 0 Å². The molecule has 3 N–H and O–H groups in total. The molecule has 26 heavy (non-hydrogen) atoms. The summed E-state index contributed by atoms with van der Waals surface area (Å²) >= 11 is 0. The molecule has 1 heterocycles. The summed E-state index contributed by atoms with van der Waals surface area (Å²) in [5, 5.41) is 10.2. The summed E-state index contributed by atoms with van der Waals surface area (Å²) in [4.78, 5) is 12.6. The van der Waals surface area contributed by atoms with Crippen molar-refractivity contribution in [2.45, 2.75) is 50.2 Å². The monoisotopic (exact) mass is 355 g/mol. The summed E-state index contributed by atoms with van der Waals surface area (Å²) in [6.45, 7) is 1.98. The minimum Gasteiger partial charge on any atom is -0.378 e. The first kappa shape index (κ1) is 16.6. The quantitative estimate of drug-likeness (QED) is 0.777. The molecule has 6 rings (SSSR count). The summed E-state index contributed by atoms with van der Waals surface area (Å²) in [7, 11) is 0. The number of hydrogen-bond donors (Lipinski definition) is 3. The van der Waals surface area contributed by atoms with Gasteiger partial charge in [-0.05, 0) is 68.4 Å². The lowest BCUT2D eigenvalue weighted by atomic mass is 9.53. The highest BCUT2D eigenvalue weighted by Crippen LogP contribution is 2.56. The van der Waals surface area contributed by atoms with E-state index in [0.29, 0.717) is 13.2 Å². The Bertz CT molecular complexity index is 648. The van der Waals surface area contributed by atoms with Crippen LogP contribution in [0.15, 0.2) is 24.3 Å². The Morgan fingerprint density at radius 2 is 1.69 bits per heavy atom. The van der Waals surface area contributed by atoms with Crippen LogP contribution in [0.1, 0.15) is 38.5 Å². The molecule has 1 aromatic carbocycles. The molecular weight excluding hydrogens is 326 g/mol. The number of ether oxygens (including phenoxy) is 1. The smallest absolute Gasteiger partial charge is 0.254 e. The highest BCUT2D eigenvalue weighted by Gasteiger charge is 2.51. The first-order valence-corrected chi connectivity index (χ1v) is 10.2. The van der Waals surface area contributed by atoms with E-state index >= 15 is 0 Å². The summed E-state index contributed by atoms with van der Waals surface area (Å²) < 4.78 is 5.59. The zero-order chi connectivity index (χ0) is 17.6. The molecule has 4 saturated carbocycles. The van der Waals surface area contributed by atoms with Crippen molar-refractivity contribution in [3.05, 3.63) is 24.3 Å². The molecule has 1 atom stereocenters. The van der Waals surface area contributed by atoms with Crippen molar-refractivity contribution in [3.8, 4) is 0 Å². The van der Waals surface area contributed by atoms with Crippen molar-refractivity contribution in [3.63, 3.8) is 0 Å². The summed E-state index contributed by atoms with van der Waals surface area (Å²) in [5.74, 6) is 2.64. The number of morpholine rings is 1. The number of rotatable bonds is 4. The van der Waals surface area contributed by atoms with Gasteiger partial charge in [0.1, 0.15) is 6.10 Å². The van der Waals surface area contributed by atoms with Crippen LogP contribution in [0.3, 0.4) is 0 Å². The molecule has 1 saturated heterocycles. The van der Waals surface area contributed by atoms with Gasteiger partial charge in [0.15, 0.2) is 0 Å². The Morgan fingerprint density at radius 1 is 1.04 bits per heavy atom. The van der Waals surface area contributed by atoms with Gasteiger partial charge in [-0.25, -0.2) is 0 Å². The van der Waals surface area contributed by atoms with Gasteiger partial charge < -0.3 is 20.7 Å². The zero-order valence-corrected chi connectivity index (χ0v) is 15.3. The molecule has 5 heteroatoms. The van der Waals surface area contributed by atoms with Crippen molar-refractivity contribution >= 4 is 17.3 Å². The molecule has 5 aliphatic rings. The van der Waals surface area contributed by atoms with E-state index in [1.165, 1.54) is 38.5 Å². The number of benzene rings is 1. The molecular formula is C21H29N3O2. The molecule has 0 spiro atoms. The van der Waals surface area contributed by atoms with Gasteiger partial charge in [0.25, 0.3) is 5.91 Å². The number of carbonyl (C=O) groups excluding carboxylic acids is 1. The Morgan fingerprint density at radius 3 is 2.31 bits per heavy atom. The highest BCUT2D eigenvalue weighted by atomic mass is 16.5. The third-order valence-electron chi connectivity index (χ3n) is 6.84. The van der Waals surface area contributed by atoms with E-state index < -0.39 is 6.10 Å². The molecule has 5 fully saturated rings. The van der Waals surface area contributed by atoms with Crippen LogP contribution >= 0.6 is 0 Å². The number of amides is 1. The van der Waals surface area contributed by atoms with E-state index in [4.69, 9.17) is 4.74 Å². The fraction of sp³-hybridized carbons (Fsp3) is 0.667. The minimum atomic E-state index is -0.406. The van der Waals surface area contributed by atoms with E-state index in [-0.39, 0.29) is 11.4 Å². The Labute approximate surface area is 155 Å². The van der Waals surface area contributed by atoms with Gasteiger partial charge in [-0.1, -0.05) is 12.1 Å². The van der Waals surface area contributed by atoms with Crippen LogP contribution in [0.2, 0.25) is 0 Å². The molecule has 1 unspecified atom stereocenters. The van der Waals surface area contributed by atoms with Crippen LogP contribution < -0.4 is 16.0 Å². The fourth-order valence-electron chi connectivity index (χ4n) is 6.20. The van der Waals surface area contributed by atoms with E-state index in [2.05, 4.69) is 28.1 Å². The predicted octanol–water partition coefficient (Wildman–Crippen LogP) is 2.99. The third kappa shape index (κ3) is 3.12. The van der Waals surface area contributed by atoms with E-state index in [1.807, 2.05) is 12.1 Å². The molecule has 4 aliphatic carbocycles. The lowest BCUT2D eigenvalue weighted by molar-refractivity contribution is -0.128. The average Bonchev–Trinajstić information content (AvgIpc) is 2.63. The van der Waals surface area contributed by atoms with Crippen LogP contribution in [0.25, 0.3) is 0 Å². The van der Waals surface area contributed by atoms with Crippen molar-refractivity contribution in [1.29, 1.82) is 0 Å². The molecule has 0 aromatic heterocycles. The van der Waals surface area contributed by atoms with Gasteiger partial charge in [-0.2, -0.15) is 0 Å². The maximum atomic E-state index is 12.6. The molecule has 4 bridgehead atoms. The van der Waals surface area contributed by atoms with Crippen molar-refractivity contribution in [2.75, 3.05) is 30.3 Å². The van der Waals surface area contributed by atoms with Gasteiger partial charge in [0.05, 0.1) is 18.0 Å². The Kier molecular flexibility index (Phi) is 4.17. The first-order chi connectivity index (χ1) is 12.7. The summed E-state index contributed by atoms with van der Waals surface area (Å²) in [5.41, 5.74) is 2.17. The lowest BCUT2D eigenvalue weighted by Gasteiger charge is -2.57. The second kappa shape index (κ2) is 6.54. The third-order valence-corrected chi connectivity index (χ3v) is 6.84. The topological polar surface area (TPSA) is 62.4 Å². The Hall–Kier alpha value is -1.59. The van der Waals surface area contributed by atoms with Crippen molar-refractivity contribution in [1.82, 2.24) is 5.32 Å². The van der Waals surface area contributed by atoms with Crippen molar-refractivity contribution < 1.29 is 9.53 Å². The minimum absolute atomic E-state index is 0.0584. The standard InChI is InChI=1S/C21H29N3O2/c25-20(19-13-22-5-6-26-19)23-17-3-1-2-4-18(17)24-21-10-14-7-15(11-21)9-16(8-14)12-21/h1-4,14-16,19,22,24H,5-13H2,(H,23,25). The SMILES string of the molecule is O=C(Nc1ccccc1NC12CC3CC(CC(C3)C1)C2)C1CNCCO1. The first-order valence-electron chi connectivity index (χ1n) is 10.2. The second-order valence-electron chi connectivity index (χ2n) is 8.92. The van der Waals surface area contributed by atoms with E-state index in [0.717, 1.165) is 35.7 Å². The van der Waals surface area contributed by atoms with Gasteiger partial charge >= 0.3 is 0 Å². The van der Waals surface area contributed by atoms with Crippen LogP contribution in [-0.4, -0.2) is 37.2 Å². The van der Waals surface area contributed by atoms with Crippen LogP contribution in [-0.2, 0) is 9.53 Å². The van der Waals surface area contributed by atoms with E-state index in [9.17, 15) is 4.79 Å². The van der Waals surface area contributed by atoms with Gasteiger partial charge in [0, 0.05) is 18.6 Å². The Balaban J connectivity index is 1.33. The van der Waals surface area contributed by atoms with Gasteiger partial charge in [-0.3, -0.25) is 4.79 Å². The molecule has 5 nitrogen and oxygen atoms in total. The zero-order valence-electron chi connectivity index (χ0n) is 15.3. The normalized spacial score (nSPS) is 38.2. The molecule has 0 radical (unpaired) electrons. The highest BCUT2D eigenvalue weighted by molar-refractivity contribution is 5.97. The van der Waals surface area contributed by atoms with Crippen LogP contribution in [0.5, 0.6) is 0 Å². The van der Waals surface area contributed by atoms with Gasteiger partial charge in [-0.15, -0.1) is 0 Å². The summed E-state index contributed by atoms with van der Waals surface area (Å²) in [6, 6.07) is 8.14. The number of anilines is 2. The van der Waals surface area contributed by atoms with Crippen molar-refractivity contribution in [2.24, 2.45) is 17.8 Å². The summed E-state index contributed by atoms with van der Waals surface area (Å²) in [6.07, 6.45) is 7.77. The number of carbonyl (C=O) groups is 1. The fourth-order valence-corrected chi connectivity index (χ4v) is 6.20. The second-order valence-corrected chi connectivity index (χ2v) is 8.92. The predicted molar refractivity (Wildman–Crippen MR) is 102 cm³/mol. The maximum Gasteiger partial charge on any atom is 0.254 e. The van der Waals surface area contributed by atoms with Gasteiger partial charge in [0.2, 0.25) is 0 Å². The molecule has 1 aliphatic heterocycles. The van der Waals surface area contributed by atoms with Crippen LogP contribution in [0.4, 0.5) is 11.4 Å². The number of para-hydroxylation sites is 2. The largest absolute Gasteiger partial charge is 0.378 e. The molecule has 1 amide bonds. The number of nitrogens with one attached hydrogen (secondary N) is 3.